The number of hydrogen-bond acceptors (Lipinski definition) is 5. The van der Waals surface area contributed by atoms with Crippen molar-refractivity contribution in [2.24, 2.45) is 0 Å². The van der Waals surface area contributed by atoms with Gasteiger partial charge in [0.2, 0.25) is 5.43 Å². The van der Waals surface area contributed by atoms with E-state index < -0.39 is 0 Å². The highest BCUT2D eigenvalue weighted by Crippen LogP contribution is 2.30. The van der Waals surface area contributed by atoms with Gasteiger partial charge in [0.1, 0.15) is 16.0 Å². The number of nitrogens with zero attached hydrogens (tertiary/aromatic N) is 3. The average Bonchev–Trinajstić information content (AvgIpc) is 3.12. The molecule has 0 unspecified atom stereocenters. The molecular weight excluding hydrogens is 384 g/mol. The van der Waals surface area contributed by atoms with E-state index in [4.69, 9.17) is 0 Å². The molecule has 0 bridgehead atoms. The molecule has 0 aliphatic carbocycles. The lowest BCUT2D eigenvalue weighted by Crippen LogP contribution is -2.37. The summed E-state index contributed by atoms with van der Waals surface area (Å²) in [6, 6.07) is 11.4. The highest BCUT2D eigenvalue weighted by atomic mass is 32.1. The van der Waals surface area contributed by atoms with Crippen molar-refractivity contribution in [2.45, 2.75) is 20.3 Å². The number of likely N-dealkylation sites (N-methyl/N-ethyl adjacent to an activating group) is 1. The van der Waals surface area contributed by atoms with E-state index in [0.29, 0.717) is 22.4 Å². The molecule has 4 aromatic rings. The highest BCUT2D eigenvalue weighted by molar-refractivity contribution is 7.24. The average molecular weight is 409 g/mol. The first-order valence-corrected chi connectivity index (χ1v) is 10.8. The molecule has 29 heavy (non-hydrogen) atoms. The van der Waals surface area contributed by atoms with Gasteiger partial charge in [0.05, 0.1) is 15.6 Å². The quantitative estimate of drug-likeness (QED) is 0.508. The van der Waals surface area contributed by atoms with Crippen LogP contribution in [0.2, 0.25) is 0 Å². The van der Waals surface area contributed by atoms with Crippen molar-refractivity contribution in [1.82, 2.24) is 19.6 Å². The van der Waals surface area contributed by atoms with Crippen molar-refractivity contribution in [2.75, 3.05) is 26.2 Å². The fourth-order valence-corrected chi connectivity index (χ4v) is 4.89. The van der Waals surface area contributed by atoms with Crippen LogP contribution in [0.4, 0.5) is 0 Å². The lowest BCUT2D eigenvalue weighted by Gasteiger charge is -2.19. The maximum absolute atomic E-state index is 13.2. The summed E-state index contributed by atoms with van der Waals surface area (Å²) in [7, 11) is 0. The molecule has 0 saturated heterocycles. The number of benzene rings is 1. The maximum atomic E-state index is 13.2. The first-order valence-electron chi connectivity index (χ1n) is 9.97. The summed E-state index contributed by atoms with van der Waals surface area (Å²) in [5.41, 5.74) is 1.47. The molecule has 0 fully saturated rings. The van der Waals surface area contributed by atoms with Gasteiger partial charge in [-0.3, -0.25) is 14.0 Å². The summed E-state index contributed by atoms with van der Waals surface area (Å²) >= 11 is 1.45. The van der Waals surface area contributed by atoms with Crippen LogP contribution in [-0.2, 0) is 0 Å². The van der Waals surface area contributed by atoms with Crippen LogP contribution in [0.15, 0.2) is 47.4 Å². The normalized spacial score (nSPS) is 11.7. The van der Waals surface area contributed by atoms with Gasteiger partial charge >= 0.3 is 0 Å². The number of fused-ring (bicyclic) bond motifs is 5. The van der Waals surface area contributed by atoms with Crippen LogP contribution < -0.4 is 10.7 Å². The third kappa shape index (κ3) is 3.52. The van der Waals surface area contributed by atoms with Crippen molar-refractivity contribution in [3.63, 3.8) is 0 Å². The second-order valence-corrected chi connectivity index (χ2v) is 8.01. The lowest BCUT2D eigenvalue weighted by molar-refractivity contribution is 0.0949. The van der Waals surface area contributed by atoms with Crippen molar-refractivity contribution < 1.29 is 4.79 Å². The molecule has 0 aliphatic rings. The van der Waals surface area contributed by atoms with Crippen LogP contribution in [0.25, 0.3) is 26.1 Å². The maximum Gasteiger partial charge on any atom is 0.258 e. The van der Waals surface area contributed by atoms with Crippen LogP contribution in [0.3, 0.4) is 0 Å². The first kappa shape index (κ1) is 19.5. The Balaban J connectivity index is 1.80. The third-order valence-electron chi connectivity index (χ3n) is 5.13. The number of rotatable bonds is 7. The molecule has 1 amide bonds. The standard InChI is InChI=1S/C22H24N4O2S/c1-3-13-25(4-2)14-12-24-21(28)18-19(27)15-8-7-11-23-20(15)26-16-9-5-6-10-17(16)29-22(18)26/h5-11H,3-4,12-14H2,1-2H3,(H,24,28). The van der Waals surface area contributed by atoms with Crippen LogP contribution >= 0.6 is 11.3 Å². The summed E-state index contributed by atoms with van der Waals surface area (Å²) < 4.78 is 2.94. The first-order chi connectivity index (χ1) is 14.2. The van der Waals surface area contributed by atoms with Gasteiger partial charge in [0.25, 0.3) is 5.91 Å². The van der Waals surface area contributed by atoms with Gasteiger partial charge in [-0.15, -0.1) is 11.3 Å². The molecular formula is C22H24N4O2S. The van der Waals surface area contributed by atoms with Crippen molar-refractivity contribution in [3.8, 4) is 0 Å². The lowest BCUT2D eigenvalue weighted by atomic mass is 10.1. The minimum absolute atomic E-state index is 0.199. The number of amides is 1. The Morgan fingerprint density at radius 2 is 2.00 bits per heavy atom. The summed E-state index contributed by atoms with van der Waals surface area (Å²) in [5.74, 6) is -0.322. The van der Waals surface area contributed by atoms with E-state index in [1.807, 2.05) is 28.7 Å². The molecule has 1 N–H and O–H groups in total. The van der Waals surface area contributed by atoms with Crippen LogP contribution in [0.1, 0.15) is 30.6 Å². The van der Waals surface area contributed by atoms with Gasteiger partial charge in [0.15, 0.2) is 0 Å². The predicted octanol–water partition coefficient (Wildman–Crippen LogP) is 3.52. The van der Waals surface area contributed by atoms with Gasteiger partial charge in [-0.05, 0) is 43.8 Å². The van der Waals surface area contributed by atoms with Crippen molar-refractivity contribution >= 4 is 43.3 Å². The Morgan fingerprint density at radius 1 is 1.17 bits per heavy atom. The molecule has 3 aromatic heterocycles. The number of hydrogen-bond donors (Lipinski definition) is 1. The summed E-state index contributed by atoms with van der Waals surface area (Å²) in [6.45, 7) is 7.46. The second kappa shape index (κ2) is 8.31. The minimum atomic E-state index is -0.322. The van der Waals surface area contributed by atoms with E-state index >= 15 is 0 Å². The van der Waals surface area contributed by atoms with E-state index in [9.17, 15) is 9.59 Å². The predicted molar refractivity (Wildman–Crippen MR) is 119 cm³/mol. The van der Waals surface area contributed by atoms with E-state index in [0.717, 1.165) is 36.3 Å². The minimum Gasteiger partial charge on any atom is -0.351 e. The fourth-order valence-electron chi connectivity index (χ4n) is 3.71. The van der Waals surface area contributed by atoms with Gasteiger partial charge in [-0.1, -0.05) is 26.0 Å². The molecule has 0 atom stereocenters. The van der Waals surface area contributed by atoms with Crippen LogP contribution in [0, 0.1) is 0 Å². The smallest absolute Gasteiger partial charge is 0.258 e. The number of pyridine rings is 2. The molecule has 0 aliphatic heterocycles. The zero-order valence-corrected chi connectivity index (χ0v) is 17.5. The molecule has 4 rings (SSSR count). The van der Waals surface area contributed by atoms with E-state index in [2.05, 4.69) is 29.0 Å². The molecule has 0 spiro atoms. The molecule has 1 aromatic carbocycles. The Bertz CT molecular complexity index is 1240. The molecule has 0 radical (unpaired) electrons. The molecule has 6 nitrogen and oxygen atoms in total. The topological polar surface area (TPSA) is 66.7 Å². The monoisotopic (exact) mass is 408 g/mol. The van der Waals surface area contributed by atoms with Gasteiger partial charge < -0.3 is 10.2 Å². The Hall–Kier alpha value is -2.77. The number of nitrogens with one attached hydrogen (secondary N) is 1. The molecule has 3 heterocycles. The number of carbonyl (C=O) groups is 1. The number of para-hydroxylation sites is 1. The van der Waals surface area contributed by atoms with Crippen LogP contribution in [-0.4, -0.2) is 46.4 Å². The van der Waals surface area contributed by atoms with Crippen molar-refractivity contribution in [3.05, 3.63) is 58.4 Å². The number of thiazole rings is 1. The molecule has 150 valence electrons. The van der Waals surface area contributed by atoms with E-state index in [1.54, 1.807) is 18.3 Å². The zero-order valence-electron chi connectivity index (χ0n) is 16.6. The second-order valence-electron chi connectivity index (χ2n) is 6.98. The Kier molecular flexibility index (Phi) is 5.60. The van der Waals surface area contributed by atoms with Crippen molar-refractivity contribution in [1.29, 1.82) is 0 Å². The molecule has 7 heteroatoms. The van der Waals surface area contributed by atoms with Gasteiger partial charge in [-0.25, -0.2) is 4.98 Å². The number of aromatic nitrogens is 2. The Labute approximate surface area is 172 Å². The largest absolute Gasteiger partial charge is 0.351 e. The molecule has 0 saturated carbocycles. The zero-order chi connectivity index (χ0) is 20.4. The highest BCUT2D eigenvalue weighted by Gasteiger charge is 2.22. The van der Waals surface area contributed by atoms with Crippen LogP contribution in [0.5, 0.6) is 0 Å². The van der Waals surface area contributed by atoms with Gasteiger partial charge in [0, 0.05) is 19.3 Å². The fraction of sp³-hybridized carbons (Fsp3) is 0.318. The van der Waals surface area contributed by atoms with Gasteiger partial charge in [-0.2, -0.15) is 0 Å². The summed E-state index contributed by atoms with van der Waals surface area (Å²) in [6.07, 6.45) is 2.75. The SMILES string of the molecule is CCCN(CC)CCNC(=O)c1c(=O)c2cccnc2n2c1sc1ccccc12. The summed E-state index contributed by atoms with van der Waals surface area (Å²) in [4.78, 5) is 33.6. The Morgan fingerprint density at radius 3 is 2.79 bits per heavy atom. The summed E-state index contributed by atoms with van der Waals surface area (Å²) in [5, 5.41) is 3.41. The third-order valence-corrected chi connectivity index (χ3v) is 6.27. The van der Waals surface area contributed by atoms with E-state index in [1.165, 1.54) is 11.3 Å². The van der Waals surface area contributed by atoms with E-state index in [-0.39, 0.29) is 16.9 Å². The number of carbonyl (C=O) groups excluding carboxylic acids is 1.